The van der Waals surface area contributed by atoms with Crippen molar-refractivity contribution >= 4 is 12.0 Å². The van der Waals surface area contributed by atoms with Crippen LogP contribution >= 0.6 is 0 Å². The molecule has 0 radical (unpaired) electrons. The molecular weight excluding hydrogens is 352 g/mol. The Morgan fingerprint density at radius 3 is 2.61 bits per heavy atom. The number of nitrogens with zero attached hydrogens (tertiary/aromatic N) is 1. The van der Waals surface area contributed by atoms with Crippen LogP contribution in [0.1, 0.15) is 31.2 Å². The van der Waals surface area contributed by atoms with E-state index in [1.165, 1.54) is 12.8 Å². The van der Waals surface area contributed by atoms with Crippen LogP contribution in [0.25, 0.3) is 6.08 Å². The van der Waals surface area contributed by atoms with Gasteiger partial charge < -0.3 is 14.8 Å². The van der Waals surface area contributed by atoms with E-state index in [0.29, 0.717) is 17.9 Å². The Balaban J connectivity index is 1.30. The van der Waals surface area contributed by atoms with Gasteiger partial charge >= 0.3 is 0 Å². The molecule has 0 spiro atoms. The number of benzene rings is 1. The van der Waals surface area contributed by atoms with E-state index in [-0.39, 0.29) is 11.8 Å². The quantitative estimate of drug-likeness (QED) is 0.819. The maximum absolute atomic E-state index is 12.7. The van der Waals surface area contributed by atoms with Gasteiger partial charge in [0.05, 0.1) is 7.11 Å². The number of methoxy groups -OCH3 is 1. The summed E-state index contributed by atoms with van der Waals surface area (Å²) in [5.74, 6) is 2.49. The summed E-state index contributed by atoms with van der Waals surface area (Å²) < 4.78 is 10.8. The normalized spacial score (nSPS) is 28.5. The molecular formula is C23H32N2O3. The molecule has 1 aromatic carbocycles. The number of likely N-dealkylation sites (tertiary alicyclic amines) is 1. The number of hydrogen-bond donors (Lipinski definition) is 1. The number of piperidine rings is 1. The predicted molar refractivity (Wildman–Crippen MR) is 110 cm³/mol. The highest BCUT2D eigenvalue weighted by atomic mass is 16.5. The highest BCUT2D eigenvalue weighted by Crippen LogP contribution is 2.37. The Kier molecular flexibility index (Phi) is 6.33. The van der Waals surface area contributed by atoms with Crippen molar-refractivity contribution in [3.05, 3.63) is 35.9 Å². The lowest BCUT2D eigenvalue weighted by Gasteiger charge is -2.38. The van der Waals surface area contributed by atoms with Crippen molar-refractivity contribution in [2.24, 2.45) is 17.8 Å². The van der Waals surface area contributed by atoms with Crippen LogP contribution in [0, 0.1) is 17.8 Å². The first-order chi connectivity index (χ1) is 13.7. The van der Waals surface area contributed by atoms with E-state index in [1.807, 2.05) is 18.2 Å². The van der Waals surface area contributed by atoms with E-state index < -0.39 is 0 Å². The first-order valence-corrected chi connectivity index (χ1v) is 10.6. The Morgan fingerprint density at radius 1 is 1.18 bits per heavy atom. The predicted octanol–water partition coefficient (Wildman–Crippen LogP) is 2.96. The van der Waals surface area contributed by atoms with Crippen molar-refractivity contribution in [3.8, 4) is 5.75 Å². The molecule has 1 N–H and O–H groups in total. The Labute approximate surface area is 168 Å². The van der Waals surface area contributed by atoms with Gasteiger partial charge in [-0.2, -0.15) is 0 Å². The summed E-state index contributed by atoms with van der Waals surface area (Å²) in [6.07, 6.45) is 8.59. The molecule has 0 aromatic heterocycles. The molecule has 1 saturated carbocycles. The second kappa shape index (κ2) is 9.10. The van der Waals surface area contributed by atoms with Gasteiger partial charge in [-0.3, -0.25) is 9.69 Å². The Bertz CT molecular complexity index is 685. The fourth-order valence-corrected chi connectivity index (χ4v) is 5.08. The summed E-state index contributed by atoms with van der Waals surface area (Å²) in [7, 11) is 1.71. The molecule has 3 atom stereocenters. The van der Waals surface area contributed by atoms with Gasteiger partial charge in [0.1, 0.15) is 5.75 Å². The number of nitrogens with one attached hydrogen (secondary N) is 1. The fourth-order valence-electron chi connectivity index (χ4n) is 5.08. The van der Waals surface area contributed by atoms with Gasteiger partial charge in [0.2, 0.25) is 5.91 Å². The highest BCUT2D eigenvalue weighted by Gasteiger charge is 2.43. The third-order valence-electron chi connectivity index (χ3n) is 6.61. The van der Waals surface area contributed by atoms with Crippen LogP contribution in [0.2, 0.25) is 0 Å². The van der Waals surface area contributed by atoms with Crippen molar-refractivity contribution in [3.63, 3.8) is 0 Å². The summed E-state index contributed by atoms with van der Waals surface area (Å²) in [4.78, 5) is 15.2. The maximum atomic E-state index is 12.7. The zero-order valence-electron chi connectivity index (χ0n) is 16.8. The number of carbonyl (C=O) groups excluding carboxylic acids is 1. The monoisotopic (exact) mass is 384 g/mol. The summed E-state index contributed by atoms with van der Waals surface area (Å²) >= 11 is 0. The highest BCUT2D eigenvalue weighted by molar-refractivity contribution is 5.79. The average Bonchev–Trinajstić information content (AvgIpc) is 2.96. The third kappa shape index (κ3) is 4.41. The number of carbonyl (C=O) groups is 1. The standard InChI is InChI=1S/C23H32N2O3/c1-27-21-7-3-2-5-17(21)6-4-12-25-15-19-8-9-20(16-25)22(19)24-23(26)18-10-13-28-14-11-18/h2-7,18-20,22H,8-16H2,1H3,(H,24,26)/b6-4+/t19-,20+,22?. The minimum Gasteiger partial charge on any atom is -0.496 e. The van der Waals surface area contributed by atoms with E-state index in [2.05, 4.69) is 28.4 Å². The summed E-state index contributed by atoms with van der Waals surface area (Å²) in [5, 5.41) is 3.41. The summed E-state index contributed by atoms with van der Waals surface area (Å²) in [6.45, 7) is 4.55. The van der Waals surface area contributed by atoms with Crippen molar-refractivity contribution in [2.75, 3.05) is 40.0 Å². The lowest BCUT2D eigenvalue weighted by atomic mass is 9.90. The second-order valence-corrected chi connectivity index (χ2v) is 8.38. The molecule has 152 valence electrons. The van der Waals surface area contributed by atoms with Gasteiger partial charge in [0.25, 0.3) is 0 Å². The smallest absolute Gasteiger partial charge is 0.223 e. The lowest BCUT2D eigenvalue weighted by Crippen LogP contribution is -2.53. The topological polar surface area (TPSA) is 50.8 Å². The number of para-hydroxylation sites is 1. The number of rotatable bonds is 6. The number of fused-ring (bicyclic) bond motifs is 2. The molecule has 1 amide bonds. The van der Waals surface area contributed by atoms with E-state index in [0.717, 1.165) is 57.0 Å². The maximum Gasteiger partial charge on any atom is 0.223 e. The van der Waals surface area contributed by atoms with Gasteiger partial charge in [-0.1, -0.05) is 30.4 Å². The van der Waals surface area contributed by atoms with Gasteiger partial charge in [0, 0.05) is 50.4 Å². The Morgan fingerprint density at radius 2 is 1.89 bits per heavy atom. The minimum atomic E-state index is 0.148. The molecule has 5 heteroatoms. The first kappa shape index (κ1) is 19.5. The molecule has 5 nitrogen and oxygen atoms in total. The molecule has 28 heavy (non-hydrogen) atoms. The van der Waals surface area contributed by atoms with Gasteiger partial charge in [0.15, 0.2) is 0 Å². The average molecular weight is 385 g/mol. The second-order valence-electron chi connectivity index (χ2n) is 8.38. The van der Waals surface area contributed by atoms with Crippen LogP contribution in [0.15, 0.2) is 30.3 Å². The molecule has 3 fully saturated rings. The largest absolute Gasteiger partial charge is 0.496 e. The first-order valence-electron chi connectivity index (χ1n) is 10.6. The van der Waals surface area contributed by atoms with Crippen molar-refractivity contribution in [1.29, 1.82) is 0 Å². The van der Waals surface area contributed by atoms with Crippen molar-refractivity contribution < 1.29 is 14.3 Å². The molecule has 1 unspecified atom stereocenters. The molecule has 2 heterocycles. The molecule has 1 aliphatic carbocycles. The zero-order valence-corrected chi connectivity index (χ0v) is 16.8. The third-order valence-corrected chi connectivity index (χ3v) is 6.61. The van der Waals surface area contributed by atoms with Gasteiger partial charge in [-0.05, 0) is 43.6 Å². The van der Waals surface area contributed by atoms with Crippen LogP contribution in [0.4, 0.5) is 0 Å². The number of hydrogen-bond acceptors (Lipinski definition) is 4. The van der Waals surface area contributed by atoms with Crippen LogP contribution in [-0.4, -0.2) is 56.8 Å². The van der Waals surface area contributed by atoms with Crippen LogP contribution < -0.4 is 10.1 Å². The van der Waals surface area contributed by atoms with Crippen LogP contribution in [0.3, 0.4) is 0 Å². The van der Waals surface area contributed by atoms with Crippen LogP contribution in [0.5, 0.6) is 5.75 Å². The van der Waals surface area contributed by atoms with Gasteiger partial charge in [-0.15, -0.1) is 0 Å². The summed E-state index contributed by atoms with van der Waals surface area (Å²) in [6, 6.07) is 8.47. The van der Waals surface area contributed by atoms with Crippen molar-refractivity contribution in [1.82, 2.24) is 10.2 Å². The van der Waals surface area contributed by atoms with Gasteiger partial charge in [-0.25, -0.2) is 0 Å². The number of amides is 1. The Hall–Kier alpha value is -1.85. The van der Waals surface area contributed by atoms with E-state index >= 15 is 0 Å². The SMILES string of the molecule is COc1ccccc1/C=C/CN1C[C@H]2CC[C@@H](C1)C2NC(=O)C1CCOCC1. The van der Waals surface area contributed by atoms with Crippen molar-refractivity contribution in [2.45, 2.75) is 31.7 Å². The lowest BCUT2D eigenvalue weighted by molar-refractivity contribution is -0.129. The molecule has 1 aromatic rings. The van der Waals surface area contributed by atoms with Crippen LogP contribution in [-0.2, 0) is 9.53 Å². The fraction of sp³-hybridized carbons (Fsp3) is 0.609. The van der Waals surface area contributed by atoms with E-state index in [1.54, 1.807) is 7.11 Å². The van der Waals surface area contributed by atoms with E-state index in [9.17, 15) is 4.79 Å². The van der Waals surface area contributed by atoms with E-state index in [4.69, 9.17) is 9.47 Å². The number of ether oxygens (including phenoxy) is 2. The zero-order chi connectivity index (χ0) is 19.3. The summed E-state index contributed by atoms with van der Waals surface area (Å²) in [5.41, 5.74) is 1.12. The molecule has 2 bridgehead atoms. The molecule has 2 saturated heterocycles. The molecule has 3 aliphatic rings. The molecule has 4 rings (SSSR count). The molecule has 2 aliphatic heterocycles. The minimum absolute atomic E-state index is 0.148.